The van der Waals surface area contributed by atoms with Crippen molar-refractivity contribution in [2.75, 3.05) is 11.9 Å². The van der Waals surface area contributed by atoms with Crippen LogP contribution in [0.25, 0.3) is 0 Å². The number of nitrogens with one attached hydrogen (secondary N) is 1. The highest BCUT2D eigenvalue weighted by Crippen LogP contribution is 2.46. The molecule has 9 heteroatoms. The summed E-state index contributed by atoms with van der Waals surface area (Å²) in [6, 6.07) is 3.36. The molecule has 0 radical (unpaired) electrons. The van der Waals surface area contributed by atoms with Crippen molar-refractivity contribution in [3.8, 4) is 0 Å². The monoisotopic (exact) mass is 430 g/mol. The number of amides is 1. The molecule has 0 spiro atoms. The summed E-state index contributed by atoms with van der Waals surface area (Å²) >= 11 is 0. The minimum atomic E-state index is -4.85. The highest BCUT2D eigenvalue weighted by atomic mass is 32.2. The van der Waals surface area contributed by atoms with E-state index in [1.165, 1.54) is 12.5 Å². The first-order chi connectivity index (χ1) is 13.6. The maximum Gasteiger partial charge on any atom is 0.417 e. The average Bonchev–Trinajstić information content (AvgIpc) is 3.22. The fourth-order valence-electron chi connectivity index (χ4n) is 4.75. The number of carbonyl (C=O) groups is 1. The van der Waals surface area contributed by atoms with Crippen molar-refractivity contribution < 1.29 is 26.4 Å². The first-order valence-electron chi connectivity index (χ1n) is 10.1. The molecule has 1 N–H and O–H groups in total. The van der Waals surface area contributed by atoms with Gasteiger partial charge in [-0.15, -0.1) is 0 Å². The second-order valence-electron chi connectivity index (χ2n) is 8.63. The number of rotatable bonds is 6. The molecule has 0 heterocycles. The minimum absolute atomic E-state index is 0.0294. The van der Waals surface area contributed by atoms with Crippen LogP contribution in [0.4, 0.5) is 18.9 Å². The van der Waals surface area contributed by atoms with Crippen molar-refractivity contribution in [1.29, 1.82) is 0 Å². The van der Waals surface area contributed by atoms with Crippen LogP contribution in [0.1, 0.15) is 51.0 Å². The predicted molar refractivity (Wildman–Crippen MR) is 102 cm³/mol. The molecule has 3 atom stereocenters. The lowest BCUT2D eigenvalue weighted by Gasteiger charge is -2.26. The number of benzene rings is 1. The fraction of sp³-hybridized carbons (Fsp3) is 0.650. The van der Waals surface area contributed by atoms with Gasteiger partial charge in [0.15, 0.2) is 0 Å². The number of hydrogen-bond acceptors (Lipinski definition) is 4. The number of fused-ring (bicyclic) bond motifs is 2. The van der Waals surface area contributed by atoms with Gasteiger partial charge in [-0.1, -0.05) is 6.42 Å². The van der Waals surface area contributed by atoms with Crippen LogP contribution in [0.3, 0.4) is 0 Å². The van der Waals surface area contributed by atoms with E-state index < -0.39 is 32.6 Å². The van der Waals surface area contributed by atoms with Crippen molar-refractivity contribution in [3.63, 3.8) is 0 Å². The van der Waals surface area contributed by atoms with Gasteiger partial charge in [-0.2, -0.15) is 13.2 Å². The van der Waals surface area contributed by atoms with Crippen LogP contribution in [-0.2, 0) is 21.0 Å². The molecule has 1 amide bonds. The van der Waals surface area contributed by atoms with E-state index in [0.29, 0.717) is 16.1 Å². The average molecular weight is 430 g/mol. The van der Waals surface area contributed by atoms with Crippen LogP contribution < -0.4 is 5.32 Å². The molecule has 3 aliphatic rings. The Balaban J connectivity index is 1.66. The Morgan fingerprint density at radius 1 is 1.17 bits per heavy atom. The van der Waals surface area contributed by atoms with Crippen LogP contribution in [0.5, 0.6) is 0 Å². The number of hydrogen-bond donors (Lipinski definition) is 1. The number of nitrogens with zero attached hydrogens (tertiary/aromatic N) is 1. The molecule has 4 rings (SSSR count). The van der Waals surface area contributed by atoms with E-state index in [2.05, 4.69) is 5.32 Å². The van der Waals surface area contributed by atoms with E-state index >= 15 is 0 Å². The highest BCUT2D eigenvalue weighted by molar-refractivity contribution is 7.89. The number of halogens is 3. The van der Waals surface area contributed by atoms with Gasteiger partial charge in [0.25, 0.3) is 10.0 Å². The lowest BCUT2D eigenvalue weighted by molar-refractivity contribution is -0.140. The zero-order valence-electron chi connectivity index (χ0n) is 16.2. The normalized spacial score (nSPS) is 26.6. The molecule has 160 valence electrons. The molecular weight excluding hydrogens is 405 g/mol. The van der Waals surface area contributed by atoms with E-state index in [1.807, 2.05) is 0 Å². The van der Waals surface area contributed by atoms with Crippen molar-refractivity contribution >= 4 is 21.6 Å². The molecule has 3 aliphatic carbocycles. The van der Waals surface area contributed by atoms with E-state index in [4.69, 9.17) is 0 Å². The van der Waals surface area contributed by atoms with Gasteiger partial charge >= 0.3 is 6.18 Å². The molecule has 3 unspecified atom stereocenters. The lowest BCUT2D eigenvalue weighted by atomic mass is 9.95. The second-order valence-corrected chi connectivity index (χ2v) is 10.5. The first kappa shape index (κ1) is 20.5. The molecule has 5 nitrogen and oxygen atoms in total. The van der Waals surface area contributed by atoms with E-state index in [9.17, 15) is 26.4 Å². The Hall–Kier alpha value is -1.77. The van der Waals surface area contributed by atoms with Crippen molar-refractivity contribution in [3.05, 3.63) is 23.8 Å². The van der Waals surface area contributed by atoms with Gasteiger partial charge in [0.2, 0.25) is 5.91 Å². The van der Waals surface area contributed by atoms with Crippen LogP contribution >= 0.6 is 0 Å². The summed E-state index contributed by atoms with van der Waals surface area (Å²) in [4.78, 5) is 11.0. The molecule has 1 aromatic rings. The Labute approximate surface area is 168 Å². The van der Waals surface area contributed by atoms with Crippen molar-refractivity contribution in [2.24, 2.45) is 17.8 Å². The van der Waals surface area contributed by atoms with Gasteiger partial charge in [0.05, 0.1) is 10.5 Å². The Morgan fingerprint density at radius 2 is 1.90 bits per heavy atom. The quantitative estimate of drug-likeness (QED) is 0.733. The van der Waals surface area contributed by atoms with Gasteiger partial charge in [-0.05, 0) is 68.1 Å². The Bertz CT molecular complexity index is 912. The summed E-state index contributed by atoms with van der Waals surface area (Å²) in [5.74, 6) is 0.353. The fourth-order valence-corrected chi connectivity index (χ4v) is 6.43. The zero-order valence-corrected chi connectivity index (χ0v) is 17.0. The van der Waals surface area contributed by atoms with Crippen LogP contribution in [0.2, 0.25) is 0 Å². The van der Waals surface area contributed by atoms with E-state index in [1.54, 1.807) is 0 Å². The molecule has 3 saturated carbocycles. The summed E-state index contributed by atoms with van der Waals surface area (Å²) in [6.45, 7) is 0.998. The zero-order chi connectivity index (χ0) is 21.0. The molecule has 29 heavy (non-hydrogen) atoms. The summed E-state index contributed by atoms with van der Waals surface area (Å²) in [5.41, 5.74) is -0.960. The third-order valence-electron chi connectivity index (χ3n) is 6.42. The number of carbonyl (C=O) groups excluding carboxylic acids is 1. The Morgan fingerprint density at radius 3 is 2.41 bits per heavy atom. The largest absolute Gasteiger partial charge is 0.417 e. The SMILES string of the molecule is CC(=O)N(CC1CC1)S(=O)(=O)c1ccc(NC2CC3CCC2C3)cc1C(F)(F)F. The number of sulfonamides is 1. The van der Waals surface area contributed by atoms with Crippen molar-refractivity contribution in [1.82, 2.24) is 4.31 Å². The third kappa shape index (κ3) is 4.11. The molecule has 0 aliphatic heterocycles. The predicted octanol–water partition coefficient (Wildman–Crippen LogP) is 4.25. The molecule has 0 saturated heterocycles. The molecule has 1 aromatic carbocycles. The molecule has 2 bridgehead atoms. The van der Waals surface area contributed by atoms with Crippen LogP contribution in [-0.4, -0.2) is 31.2 Å². The van der Waals surface area contributed by atoms with Gasteiger partial charge in [0.1, 0.15) is 0 Å². The van der Waals surface area contributed by atoms with Gasteiger partial charge in [-0.3, -0.25) is 4.79 Å². The Kier molecular flexibility index (Phi) is 5.07. The maximum absolute atomic E-state index is 13.8. The molecule has 0 aromatic heterocycles. The third-order valence-corrected chi connectivity index (χ3v) is 8.31. The van der Waals surface area contributed by atoms with Gasteiger partial charge < -0.3 is 5.32 Å². The summed E-state index contributed by atoms with van der Waals surface area (Å²) < 4.78 is 67.8. The molecular formula is C20H25F3N2O3S. The second kappa shape index (κ2) is 7.18. The molecule has 3 fully saturated rings. The minimum Gasteiger partial charge on any atom is -0.382 e. The summed E-state index contributed by atoms with van der Waals surface area (Å²) in [7, 11) is -4.59. The standard InChI is InChI=1S/C20H25F3N2O3S/c1-12(26)25(11-13-2-3-13)29(27,28)19-7-6-16(10-17(19)20(21,22)23)24-18-9-14-4-5-15(18)8-14/h6-7,10,13-15,18,24H,2-5,8-9,11H2,1H3. The van der Waals surface area contributed by atoms with Crippen LogP contribution in [0.15, 0.2) is 23.1 Å². The van der Waals surface area contributed by atoms with Gasteiger partial charge in [0, 0.05) is 25.2 Å². The van der Waals surface area contributed by atoms with Crippen LogP contribution in [0, 0.1) is 17.8 Å². The summed E-state index contributed by atoms with van der Waals surface area (Å²) in [6.07, 6.45) is 0.994. The van der Waals surface area contributed by atoms with Crippen molar-refractivity contribution in [2.45, 2.75) is 62.6 Å². The van der Waals surface area contributed by atoms with Gasteiger partial charge in [-0.25, -0.2) is 12.7 Å². The topological polar surface area (TPSA) is 66.5 Å². The number of alkyl halides is 3. The van der Waals surface area contributed by atoms with E-state index in [0.717, 1.165) is 51.2 Å². The lowest BCUT2D eigenvalue weighted by Crippen LogP contribution is -2.37. The summed E-state index contributed by atoms with van der Waals surface area (Å²) in [5, 5.41) is 3.18. The van der Waals surface area contributed by atoms with E-state index in [-0.39, 0.29) is 24.2 Å². The maximum atomic E-state index is 13.8. The smallest absolute Gasteiger partial charge is 0.382 e. The highest BCUT2D eigenvalue weighted by Gasteiger charge is 2.43. The number of anilines is 1. The first-order valence-corrected chi connectivity index (χ1v) is 11.5.